The number of benzene rings is 1. The molecule has 0 N–H and O–H groups in total. The molecule has 1 aromatic rings. The lowest BCUT2D eigenvalue weighted by molar-refractivity contribution is 0.376. The van der Waals surface area contributed by atoms with E-state index in [1.807, 2.05) is 12.1 Å². The molecule has 1 aromatic carbocycles. The monoisotopic (exact) mass is 270 g/mol. The topological polar surface area (TPSA) is 9.23 Å². The van der Waals surface area contributed by atoms with Gasteiger partial charge >= 0.3 is 0 Å². The highest BCUT2D eigenvalue weighted by Gasteiger charge is 2.17. The van der Waals surface area contributed by atoms with Crippen molar-refractivity contribution in [1.82, 2.24) is 0 Å². The van der Waals surface area contributed by atoms with Gasteiger partial charge in [-0.15, -0.1) is 0 Å². The van der Waals surface area contributed by atoms with Gasteiger partial charge in [0.2, 0.25) is 0 Å². The van der Waals surface area contributed by atoms with Gasteiger partial charge < -0.3 is 4.74 Å². The quantitative estimate of drug-likeness (QED) is 0.732. The molecule has 0 spiro atoms. The normalized spacial score (nSPS) is 13.7. The third-order valence-corrected chi connectivity index (χ3v) is 3.12. The van der Waals surface area contributed by atoms with Crippen molar-refractivity contribution >= 4 is 15.9 Å². The molecule has 1 rings (SSSR count). The summed E-state index contributed by atoms with van der Waals surface area (Å²) in [6.45, 7) is 6.76. The molecule has 1 atom stereocenters. The zero-order valence-electron chi connectivity index (χ0n) is 9.88. The second kappa shape index (κ2) is 5.02. The van der Waals surface area contributed by atoms with Gasteiger partial charge in [0.15, 0.2) is 0 Å². The Balaban J connectivity index is 2.70. The lowest BCUT2D eigenvalue weighted by atomic mass is 9.88. The van der Waals surface area contributed by atoms with Gasteiger partial charge in [-0.2, -0.15) is 0 Å². The maximum absolute atomic E-state index is 5.13. The lowest BCUT2D eigenvalue weighted by Crippen LogP contribution is -2.08. The number of rotatable bonds is 3. The van der Waals surface area contributed by atoms with Crippen molar-refractivity contribution in [2.75, 3.05) is 7.11 Å². The first-order chi connectivity index (χ1) is 6.92. The third-order valence-electron chi connectivity index (χ3n) is 2.27. The summed E-state index contributed by atoms with van der Waals surface area (Å²) in [4.78, 5) is 0.420. The summed E-state index contributed by atoms with van der Waals surface area (Å²) in [5, 5.41) is 0. The van der Waals surface area contributed by atoms with E-state index in [4.69, 9.17) is 4.74 Å². The van der Waals surface area contributed by atoms with Gasteiger partial charge in [0.1, 0.15) is 5.75 Å². The Bertz CT molecular complexity index is 297. The molecule has 2 heteroatoms. The van der Waals surface area contributed by atoms with Crippen LogP contribution in [-0.4, -0.2) is 7.11 Å². The second-order valence-electron chi connectivity index (χ2n) is 5.01. The Labute approximate surface area is 101 Å². The average Bonchev–Trinajstić information content (AvgIpc) is 2.15. The second-order valence-corrected chi connectivity index (χ2v) is 6.11. The molecule has 0 saturated carbocycles. The lowest BCUT2D eigenvalue weighted by Gasteiger charge is -2.22. The molecule has 84 valence electrons. The number of methoxy groups -OCH3 is 1. The standard InChI is InChI=1S/C13H19BrO/c1-13(2,3)9-12(14)10-5-7-11(15-4)8-6-10/h5-8,12H,9H2,1-4H3. The Hall–Kier alpha value is -0.500. The van der Waals surface area contributed by atoms with Gasteiger partial charge in [-0.1, -0.05) is 48.8 Å². The van der Waals surface area contributed by atoms with E-state index < -0.39 is 0 Å². The van der Waals surface area contributed by atoms with E-state index in [0.717, 1.165) is 12.2 Å². The van der Waals surface area contributed by atoms with Gasteiger partial charge in [0.25, 0.3) is 0 Å². The fraction of sp³-hybridized carbons (Fsp3) is 0.538. The maximum Gasteiger partial charge on any atom is 0.118 e. The van der Waals surface area contributed by atoms with Crippen LogP contribution >= 0.6 is 15.9 Å². The van der Waals surface area contributed by atoms with Crippen LogP contribution in [0.4, 0.5) is 0 Å². The van der Waals surface area contributed by atoms with Crippen LogP contribution in [0.2, 0.25) is 0 Å². The predicted molar refractivity (Wildman–Crippen MR) is 68.7 cm³/mol. The summed E-state index contributed by atoms with van der Waals surface area (Å²) in [5.74, 6) is 0.911. The van der Waals surface area contributed by atoms with Crippen molar-refractivity contribution in [2.45, 2.75) is 32.0 Å². The Morgan fingerprint density at radius 1 is 1.20 bits per heavy atom. The Morgan fingerprint density at radius 2 is 1.73 bits per heavy atom. The summed E-state index contributed by atoms with van der Waals surface area (Å²) >= 11 is 3.73. The van der Waals surface area contributed by atoms with E-state index in [1.165, 1.54) is 5.56 Å². The molecule has 0 saturated heterocycles. The summed E-state index contributed by atoms with van der Waals surface area (Å²) in [7, 11) is 1.69. The van der Waals surface area contributed by atoms with E-state index >= 15 is 0 Å². The minimum Gasteiger partial charge on any atom is -0.497 e. The molecule has 0 bridgehead atoms. The molecule has 0 aliphatic rings. The molecule has 0 aliphatic heterocycles. The fourth-order valence-corrected chi connectivity index (χ4v) is 2.74. The molecule has 0 radical (unpaired) electrons. The highest BCUT2D eigenvalue weighted by Crippen LogP contribution is 2.35. The summed E-state index contributed by atoms with van der Waals surface area (Å²) in [5.41, 5.74) is 1.65. The molecule has 1 unspecified atom stereocenters. The molecule has 0 heterocycles. The Morgan fingerprint density at radius 3 is 2.13 bits per heavy atom. The van der Waals surface area contributed by atoms with Crippen molar-refractivity contribution in [2.24, 2.45) is 5.41 Å². The van der Waals surface area contributed by atoms with E-state index in [-0.39, 0.29) is 0 Å². The van der Waals surface area contributed by atoms with Crippen LogP contribution < -0.4 is 4.74 Å². The predicted octanol–water partition coefficient (Wildman–Crippen LogP) is 4.57. The smallest absolute Gasteiger partial charge is 0.118 e. The van der Waals surface area contributed by atoms with Crippen molar-refractivity contribution < 1.29 is 4.74 Å². The van der Waals surface area contributed by atoms with Crippen LogP contribution in [0.1, 0.15) is 37.6 Å². The maximum atomic E-state index is 5.13. The number of ether oxygens (including phenoxy) is 1. The van der Waals surface area contributed by atoms with Gasteiger partial charge in [0, 0.05) is 4.83 Å². The number of halogens is 1. The third kappa shape index (κ3) is 4.25. The molecule has 0 aromatic heterocycles. The minimum absolute atomic E-state index is 0.341. The van der Waals surface area contributed by atoms with E-state index in [1.54, 1.807) is 7.11 Å². The molecular formula is C13H19BrO. The number of hydrogen-bond donors (Lipinski definition) is 0. The highest BCUT2D eigenvalue weighted by molar-refractivity contribution is 9.09. The first-order valence-electron chi connectivity index (χ1n) is 5.20. The number of alkyl halides is 1. The molecule has 0 fully saturated rings. The largest absolute Gasteiger partial charge is 0.497 e. The van der Waals surface area contributed by atoms with Crippen molar-refractivity contribution in [3.8, 4) is 5.75 Å². The number of hydrogen-bond acceptors (Lipinski definition) is 1. The van der Waals surface area contributed by atoms with Crippen molar-refractivity contribution in [1.29, 1.82) is 0 Å². The summed E-state index contributed by atoms with van der Waals surface area (Å²) < 4.78 is 5.13. The van der Waals surface area contributed by atoms with Gasteiger partial charge in [-0.3, -0.25) is 0 Å². The van der Waals surface area contributed by atoms with Crippen LogP contribution in [-0.2, 0) is 0 Å². The summed E-state index contributed by atoms with van der Waals surface area (Å²) in [6, 6.07) is 8.24. The van der Waals surface area contributed by atoms with Crippen LogP contribution in [0.3, 0.4) is 0 Å². The minimum atomic E-state index is 0.341. The van der Waals surface area contributed by atoms with Crippen LogP contribution in [0, 0.1) is 5.41 Å². The SMILES string of the molecule is COc1ccc(C(Br)CC(C)(C)C)cc1. The van der Waals surface area contributed by atoms with Gasteiger partial charge in [-0.05, 0) is 29.5 Å². The molecule has 1 nitrogen and oxygen atoms in total. The molecular weight excluding hydrogens is 252 g/mol. The molecule has 15 heavy (non-hydrogen) atoms. The van der Waals surface area contributed by atoms with Crippen LogP contribution in [0.5, 0.6) is 5.75 Å². The molecule has 0 amide bonds. The first kappa shape index (κ1) is 12.6. The Kier molecular flexibility index (Phi) is 4.21. The zero-order valence-corrected chi connectivity index (χ0v) is 11.5. The van der Waals surface area contributed by atoms with E-state index in [0.29, 0.717) is 10.2 Å². The molecule has 0 aliphatic carbocycles. The first-order valence-corrected chi connectivity index (χ1v) is 6.12. The van der Waals surface area contributed by atoms with Crippen LogP contribution in [0.15, 0.2) is 24.3 Å². The van der Waals surface area contributed by atoms with Crippen LogP contribution in [0.25, 0.3) is 0 Å². The van der Waals surface area contributed by atoms with Crippen molar-refractivity contribution in [3.05, 3.63) is 29.8 Å². The van der Waals surface area contributed by atoms with Crippen molar-refractivity contribution in [3.63, 3.8) is 0 Å². The fourth-order valence-electron chi connectivity index (χ4n) is 1.47. The van der Waals surface area contributed by atoms with E-state index in [2.05, 4.69) is 48.8 Å². The van der Waals surface area contributed by atoms with E-state index in [9.17, 15) is 0 Å². The average molecular weight is 271 g/mol. The van der Waals surface area contributed by atoms with Gasteiger partial charge in [0.05, 0.1) is 7.11 Å². The zero-order chi connectivity index (χ0) is 11.5. The highest BCUT2D eigenvalue weighted by atomic mass is 79.9. The van der Waals surface area contributed by atoms with Gasteiger partial charge in [-0.25, -0.2) is 0 Å². The summed E-state index contributed by atoms with van der Waals surface area (Å²) in [6.07, 6.45) is 1.12.